The van der Waals surface area contributed by atoms with Crippen LogP contribution in [0.5, 0.6) is 0 Å². The Bertz CT molecular complexity index is 339. The van der Waals surface area contributed by atoms with Gasteiger partial charge in [-0.15, -0.1) is 0 Å². The van der Waals surface area contributed by atoms with Crippen LogP contribution in [0.1, 0.15) is 38.4 Å². The molecular weight excluding hydrogens is 248 g/mol. The molecule has 0 aliphatic heterocycles. The maximum absolute atomic E-state index is 11.4. The van der Waals surface area contributed by atoms with E-state index in [-0.39, 0.29) is 12.6 Å². The van der Waals surface area contributed by atoms with E-state index in [1.807, 2.05) is 16.8 Å². The summed E-state index contributed by atoms with van der Waals surface area (Å²) in [7, 11) is 0. The van der Waals surface area contributed by atoms with Crippen LogP contribution >= 0.6 is 11.3 Å². The maximum atomic E-state index is 11.4. The van der Waals surface area contributed by atoms with Gasteiger partial charge in [0.1, 0.15) is 0 Å². The molecule has 1 aromatic rings. The first-order chi connectivity index (χ1) is 8.59. The molecular formula is C13H22N2O2S. The molecule has 5 heteroatoms. The number of thiophene rings is 1. The Hall–Kier alpha value is -1.07. The van der Waals surface area contributed by atoms with Crippen molar-refractivity contribution in [2.24, 2.45) is 5.92 Å². The summed E-state index contributed by atoms with van der Waals surface area (Å²) in [5.74, 6) is 0.662. The zero-order chi connectivity index (χ0) is 13.4. The van der Waals surface area contributed by atoms with Crippen molar-refractivity contribution in [1.29, 1.82) is 0 Å². The van der Waals surface area contributed by atoms with E-state index in [0.717, 1.165) is 18.4 Å². The van der Waals surface area contributed by atoms with Crippen molar-refractivity contribution < 1.29 is 9.90 Å². The van der Waals surface area contributed by atoms with Crippen LogP contribution in [-0.4, -0.2) is 24.2 Å². The maximum Gasteiger partial charge on any atom is 0.314 e. The lowest BCUT2D eigenvalue weighted by Gasteiger charge is -2.11. The van der Waals surface area contributed by atoms with Crippen LogP contribution in [-0.2, 0) is 0 Å². The quantitative estimate of drug-likeness (QED) is 0.667. The minimum atomic E-state index is -0.627. The third kappa shape index (κ3) is 6.02. The van der Waals surface area contributed by atoms with E-state index in [2.05, 4.69) is 24.5 Å². The van der Waals surface area contributed by atoms with Crippen LogP contribution < -0.4 is 10.6 Å². The molecule has 0 aliphatic carbocycles. The zero-order valence-corrected chi connectivity index (χ0v) is 11.8. The van der Waals surface area contributed by atoms with Gasteiger partial charge in [0.25, 0.3) is 0 Å². The lowest BCUT2D eigenvalue weighted by Crippen LogP contribution is -2.38. The van der Waals surface area contributed by atoms with Gasteiger partial charge in [0.05, 0.1) is 6.10 Å². The Morgan fingerprint density at radius 3 is 2.83 bits per heavy atom. The summed E-state index contributed by atoms with van der Waals surface area (Å²) in [6.07, 6.45) is 1.47. The molecule has 0 radical (unpaired) electrons. The fourth-order valence-electron chi connectivity index (χ4n) is 1.55. The number of nitrogens with one attached hydrogen (secondary N) is 2. The highest BCUT2D eigenvalue weighted by atomic mass is 32.1. The Labute approximate surface area is 112 Å². The van der Waals surface area contributed by atoms with E-state index in [1.54, 1.807) is 0 Å². The summed E-state index contributed by atoms with van der Waals surface area (Å²) in [4.78, 5) is 11.4. The third-order valence-electron chi connectivity index (χ3n) is 2.63. The van der Waals surface area contributed by atoms with Crippen molar-refractivity contribution in [2.75, 3.05) is 13.1 Å². The molecule has 0 fully saturated rings. The summed E-state index contributed by atoms with van der Waals surface area (Å²) in [6.45, 7) is 5.25. The highest BCUT2D eigenvalue weighted by molar-refractivity contribution is 7.07. The number of amides is 2. The molecule has 0 spiro atoms. The predicted octanol–water partition coefficient (Wildman–Crippen LogP) is 2.52. The number of aliphatic hydroxyl groups is 1. The average molecular weight is 270 g/mol. The van der Waals surface area contributed by atoms with Crippen molar-refractivity contribution in [1.82, 2.24) is 10.6 Å². The summed E-state index contributed by atoms with van der Waals surface area (Å²) in [5, 5.41) is 19.0. The Balaban J connectivity index is 2.10. The van der Waals surface area contributed by atoms with Crippen LogP contribution in [0.3, 0.4) is 0 Å². The normalized spacial score (nSPS) is 12.4. The van der Waals surface area contributed by atoms with E-state index < -0.39 is 6.10 Å². The molecule has 3 N–H and O–H groups in total. The Kier molecular flexibility index (Phi) is 6.75. The highest BCUT2D eigenvalue weighted by Gasteiger charge is 2.09. The molecule has 1 heterocycles. The molecule has 0 saturated heterocycles. The number of carbonyl (C=O) groups is 1. The van der Waals surface area contributed by atoms with Gasteiger partial charge in [-0.2, -0.15) is 11.3 Å². The molecule has 1 unspecified atom stereocenters. The third-order valence-corrected chi connectivity index (χ3v) is 3.33. The number of hydrogen-bond acceptors (Lipinski definition) is 3. The Morgan fingerprint density at radius 2 is 2.22 bits per heavy atom. The number of urea groups is 1. The lowest BCUT2D eigenvalue weighted by molar-refractivity contribution is 0.173. The van der Waals surface area contributed by atoms with E-state index in [1.165, 1.54) is 11.3 Å². The van der Waals surface area contributed by atoms with Gasteiger partial charge >= 0.3 is 6.03 Å². The van der Waals surface area contributed by atoms with Gasteiger partial charge in [0.2, 0.25) is 0 Å². The van der Waals surface area contributed by atoms with Gasteiger partial charge in [-0.1, -0.05) is 13.8 Å². The Morgan fingerprint density at radius 1 is 1.44 bits per heavy atom. The fourth-order valence-corrected chi connectivity index (χ4v) is 2.25. The molecule has 1 aromatic heterocycles. The molecule has 0 aliphatic rings. The molecule has 1 atom stereocenters. The lowest BCUT2D eigenvalue weighted by atomic mass is 10.1. The van der Waals surface area contributed by atoms with E-state index >= 15 is 0 Å². The molecule has 102 valence electrons. The summed E-state index contributed by atoms with van der Waals surface area (Å²) in [5.41, 5.74) is 0.847. The first-order valence-corrected chi connectivity index (χ1v) is 7.25. The van der Waals surface area contributed by atoms with Crippen molar-refractivity contribution in [3.63, 3.8) is 0 Å². The van der Waals surface area contributed by atoms with Crippen molar-refractivity contribution >= 4 is 17.4 Å². The largest absolute Gasteiger partial charge is 0.387 e. The number of carbonyl (C=O) groups excluding carboxylic acids is 1. The topological polar surface area (TPSA) is 61.4 Å². The van der Waals surface area contributed by atoms with E-state index in [4.69, 9.17) is 0 Å². The van der Waals surface area contributed by atoms with Crippen molar-refractivity contribution in [2.45, 2.75) is 32.8 Å². The highest BCUT2D eigenvalue weighted by Crippen LogP contribution is 2.14. The summed E-state index contributed by atoms with van der Waals surface area (Å²) < 4.78 is 0. The van der Waals surface area contributed by atoms with Crippen LogP contribution in [0.4, 0.5) is 4.79 Å². The van der Waals surface area contributed by atoms with Gasteiger partial charge in [0, 0.05) is 13.1 Å². The fraction of sp³-hybridized carbons (Fsp3) is 0.615. The molecule has 4 nitrogen and oxygen atoms in total. The van der Waals surface area contributed by atoms with Gasteiger partial charge < -0.3 is 15.7 Å². The number of rotatable bonds is 7. The standard InChI is InChI=1S/C13H22N2O2S/c1-10(2)4-3-6-14-13(17)15-8-12(16)11-5-7-18-9-11/h5,7,9-10,12,16H,3-4,6,8H2,1-2H3,(H2,14,15,17). The van der Waals surface area contributed by atoms with Crippen LogP contribution in [0.25, 0.3) is 0 Å². The average Bonchev–Trinajstić information content (AvgIpc) is 2.85. The first kappa shape index (κ1) is 15.0. The van der Waals surface area contributed by atoms with Gasteiger partial charge in [-0.3, -0.25) is 0 Å². The second-order valence-electron chi connectivity index (χ2n) is 4.75. The second kappa shape index (κ2) is 8.11. The number of hydrogen-bond donors (Lipinski definition) is 3. The van der Waals surface area contributed by atoms with Gasteiger partial charge in [-0.05, 0) is 41.1 Å². The van der Waals surface area contributed by atoms with Crippen LogP contribution in [0.15, 0.2) is 16.8 Å². The van der Waals surface area contributed by atoms with E-state index in [0.29, 0.717) is 12.5 Å². The molecule has 2 amide bonds. The van der Waals surface area contributed by atoms with Gasteiger partial charge in [0.15, 0.2) is 0 Å². The van der Waals surface area contributed by atoms with Crippen LogP contribution in [0.2, 0.25) is 0 Å². The summed E-state index contributed by atoms with van der Waals surface area (Å²) >= 11 is 1.53. The molecule has 0 saturated carbocycles. The predicted molar refractivity (Wildman–Crippen MR) is 74.8 cm³/mol. The minimum Gasteiger partial charge on any atom is -0.387 e. The monoisotopic (exact) mass is 270 g/mol. The van der Waals surface area contributed by atoms with Gasteiger partial charge in [-0.25, -0.2) is 4.79 Å². The SMILES string of the molecule is CC(C)CCCNC(=O)NCC(O)c1ccsc1. The zero-order valence-electron chi connectivity index (χ0n) is 11.0. The van der Waals surface area contributed by atoms with Crippen molar-refractivity contribution in [3.8, 4) is 0 Å². The second-order valence-corrected chi connectivity index (χ2v) is 5.53. The summed E-state index contributed by atoms with van der Waals surface area (Å²) in [6, 6.07) is 1.64. The molecule has 0 aromatic carbocycles. The molecule has 1 rings (SSSR count). The van der Waals surface area contributed by atoms with E-state index in [9.17, 15) is 9.90 Å². The van der Waals surface area contributed by atoms with Crippen LogP contribution in [0, 0.1) is 5.92 Å². The number of aliphatic hydroxyl groups excluding tert-OH is 1. The molecule has 18 heavy (non-hydrogen) atoms. The first-order valence-electron chi connectivity index (χ1n) is 6.31. The molecule has 0 bridgehead atoms. The minimum absolute atomic E-state index is 0.215. The van der Waals surface area contributed by atoms with Crippen molar-refractivity contribution in [3.05, 3.63) is 22.4 Å². The smallest absolute Gasteiger partial charge is 0.314 e.